The van der Waals surface area contributed by atoms with Crippen LogP contribution in [0.5, 0.6) is 0 Å². The SMILES string of the molecule is CCOC(=O)/C=C/c1ccc(NC(=O)c2ccc(-c3nnc(-c4cccc(C)c4)o3)cc2)cc1. The molecule has 7 heteroatoms. The number of nitrogens with one attached hydrogen (secondary N) is 1. The highest BCUT2D eigenvalue weighted by molar-refractivity contribution is 6.04. The molecular formula is C27H23N3O4. The lowest BCUT2D eigenvalue weighted by Crippen LogP contribution is -2.11. The van der Waals surface area contributed by atoms with Gasteiger partial charge in [0.1, 0.15) is 0 Å². The Labute approximate surface area is 197 Å². The molecule has 0 radical (unpaired) electrons. The predicted molar refractivity (Wildman–Crippen MR) is 130 cm³/mol. The van der Waals surface area contributed by atoms with Gasteiger partial charge in [0, 0.05) is 28.5 Å². The van der Waals surface area contributed by atoms with Gasteiger partial charge in [-0.2, -0.15) is 0 Å². The molecular weight excluding hydrogens is 430 g/mol. The number of hydrogen-bond acceptors (Lipinski definition) is 6. The van der Waals surface area contributed by atoms with Crippen LogP contribution in [0.25, 0.3) is 29.0 Å². The molecule has 0 unspecified atom stereocenters. The molecule has 4 rings (SSSR count). The summed E-state index contributed by atoms with van der Waals surface area (Å²) in [6, 6.07) is 21.9. The third-order valence-corrected chi connectivity index (χ3v) is 4.95. The van der Waals surface area contributed by atoms with Gasteiger partial charge in [-0.15, -0.1) is 10.2 Å². The molecule has 0 aliphatic carbocycles. The number of aromatic nitrogens is 2. The predicted octanol–water partition coefficient (Wildman–Crippen LogP) is 5.54. The van der Waals surface area contributed by atoms with Crippen molar-refractivity contribution >= 4 is 23.6 Å². The number of anilines is 1. The van der Waals surface area contributed by atoms with Crippen LogP contribution in [0.4, 0.5) is 5.69 Å². The van der Waals surface area contributed by atoms with E-state index in [1.54, 1.807) is 61.5 Å². The van der Waals surface area contributed by atoms with E-state index in [4.69, 9.17) is 9.15 Å². The van der Waals surface area contributed by atoms with Gasteiger partial charge in [0.05, 0.1) is 6.61 Å². The number of benzene rings is 3. The number of nitrogens with zero attached hydrogens (tertiary/aromatic N) is 2. The van der Waals surface area contributed by atoms with Crippen LogP contribution in [0, 0.1) is 6.92 Å². The number of hydrogen-bond donors (Lipinski definition) is 1. The van der Waals surface area contributed by atoms with Crippen molar-refractivity contribution in [1.29, 1.82) is 0 Å². The molecule has 0 bridgehead atoms. The molecule has 0 aliphatic rings. The van der Waals surface area contributed by atoms with Crippen molar-refractivity contribution in [2.24, 2.45) is 0 Å². The smallest absolute Gasteiger partial charge is 0.330 e. The lowest BCUT2D eigenvalue weighted by molar-refractivity contribution is -0.137. The van der Waals surface area contributed by atoms with E-state index in [0.717, 1.165) is 22.3 Å². The van der Waals surface area contributed by atoms with Crippen LogP contribution in [0.1, 0.15) is 28.4 Å². The van der Waals surface area contributed by atoms with Gasteiger partial charge in [-0.25, -0.2) is 4.79 Å². The highest BCUT2D eigenvalue weighted by atomic mass is 16.5. The Morgan fingerprint density at radius 1 is 0.941 bits per heavy atom. The minimum absolute atomic E-state index is 0.243. The summed E-state index contributed by atoms with van der Waals surface area (Å²) in [4.78, 5) is 24.0. The number of amides is 1. The van der Waals surface area contributed by atoms with E-state index in [2.05, 4.69) is 15.5 Å². The van der Waals surface area contributed by atoms with E-state index < -0.39 is 5.97 Å². The van der Waals surface area contributed by atoms with Crippen LogP contribution < -0.4 is 5.32 Å². The van der Waals surface area contributed by atoms with E-state index in [9.17, 15) is 9.59 Å². The van der Waals surface area contributed by atoms with E-state index >= 15 is 0 Å². The summed E-state index contributed by atoms with van der Waals surface area (Å²) in [5.41, 5.74) is 4.64. The number of carbonyl (C=O) groups is 2. The minimum Gasteiger partial charge on any atom is -0.463 e. The van der Waals surface area contributed by atoms with Crippen molar-refractivity contribution in [3.63, 3.8) is 0 Å². The Morgan fingerprint density at radius 2 is 1.65 bits per heavy atom. The first-order valence-electron chi connectivity index (χ1n) is 10.8. The molecule has 1 aromatic heterocycles. The van der Waals surface area contributed by atoms with Crippen molar-refractivity contribution in [1.82, 2.24) is 10.2 Å². The quantitative estimate of drug-likeness (QED) is 0.292. The normalized spacial score (nSPS) is 10.9. The maximum Gasteiger partial charge on any atom is 0.330 e. The zero-order valence-electron chi connectivity index (χ0n) is 18.8. The summed E-state index contributed by atoms with van der Waals surface area (Å²) in [7, 11) is 0. The van der Waals surface area contributed by atoms with Crippen molar-refractivity contribution in [3.05, 3.63) is 95.6 Å². The summed E-state index contributed by atoms with van der Waals surface area (Å²) in [6.07, 6.45) is 3.02. The highest BCUT2D eigenvalue weighted by Crippen LogP contribution is 2.25. The average molecular weight is 453 g/mol. The van der Waals surface area contributed by atoms with Crippen LogP contribution in [0.15, 0.2) is 83.3 Å². The first-order chi connectivity index (χ1) is 16.5. The van der Waals surface area contributed by atoms with Gasteiger partial charge in [0.15, 0.2) is 0 Å². The summed E-state index contributed by atoms with van der Waals surface area (Å²) in [5.74, 6) is 0.193. The molecule has 34 heavy (non-hydrogen) atoms. The molecule has 0 saturated heterocycles. The number of aryl methyl sites for hydroxylation is 1. The molecule has 3 aromatic carbocycles. The second kappa shape index (κ2) is 10.4. The van der Waals surface area contributed by atoms with Gasteiger partial charge in [0.2, 0.25) is 11.8 Å². The molecule has 170 valence electrons. The summed E-state index contributed by atoms with van der Waals surface area (Å²) < 4.78 is 10.7. The maximum atomic E-state index is 12.6. The van der Waals surface area contributed by atoms with E-state index in [1.165, 1.54) is 6.08 Å². The Morgan fingerprint density at radius 3 is 2.32 bits per heavy atom. The second-order valence-electron chi connectivity index (χ2n) is 7.52. The van der Waals surface area contributed by atoms with Crippen LogP contribution in [-0.2, 0) is 9.53 Å². The van der Waals surface area contributed by atoms with E-state index in [-0.39, 0.29) is 5.91 Å². The van der Waals surface area contributed by atoms with Gasteiger partial charge in [-0.1, -0.05) is 29.8 Å². The van der Waals surface area contributed by atoms with Gasteiger partial charge in [-0.3, -0.25) is 4.79 Å². The van der Waals surface area contributed by atoms with Crippen LogP contribution in [0.2, 0.25) is 0 Å². The topological polar surface area (TPSA) is 94.3 Å². The molecule has 7 nitrogen and oxygen atoms in total. The van der Waals surface area contributed by atoms with E-state index in [1.807, 2.05) is 31.2 Å². The van der Waals surface area contributed by atoms with Crippen LogP contribution >= 0.6 is 0 Å². The maximum absolute atomic E-state index is 12.6. The first-order valence-corrected chi connectivity index (χ1v) is 10.8. The zero-order valence-corrected chi connectivity index (χ0v) is 18.8. The van der Waals surface area contributed by atoms with E-state index in [0.29, 0.717) is 29.6 Å². The molecule has 1 N–H and O–H groups in total. The molecule has 1 heterocycles. The number of ether oxygens (including phenoxy) is 1. The molecule has 0 aliphatic heterocycles. The summed E-state index contributed by atoms with van der Waals surface area (Å²) in [5, 5.41) is 11.1. The Kier molecular flexibility index (Phi) is 6.93. The molecule has 0 atom stereocenters. The second-order valence-corrected chi connectivity index (χ2v) is 7.52. The van der Waals surface area contributed by atoms with Gasteiger partial charge in [-0.05, 0) is 74.0 Å². The molecule has 0 saturated carbocycles. The van der Waals surface area contributed by atoms with Gasteiger partial charge < -0.3 is 14.5 Å². The number of rotatable bonds is 7. The van der Waals surface area contributed by atoms with Crippen molar-refractivity contribution in [3.8, 4) is 22.9 Å². The first kappa shape index (κ1) is 22.7. The fourth-order valence-corrected chi connectivity index (χ4v) is 3.23. The third-order valence-electron chi connectivity index (χ3n) is 4.95. The Balaban J connectivity index is 1.39. The number of esters is 1. The van der Waals surface area contributed by atoms with Crippen LogP contribution in [-0.4, -0.2) is 28.7 Å². The fraction of sp³-hybridized carbons (Fsp3) is 0.111. The zero-order chi connectivity index (χ0) is 23.9. The monoisotopic (exact) mass is 453 g/mol. The number of carbonyl (C=O) groups excluding carboxylic acids is 2. The van der Waals surface area contributed by atoms with Crippen molar-refractivity contribution in [2.45, 2.75) is 13.8 Å². The molecule has 4 aromatic rings. The average Bonchev–Trinajstić information content (AvgIpc) is 3.34. The van der Waals surface area contributed by atoms with Gasteiger partial charge in [0.25, 0.3) is 5.91 Å². The largest absolute Gasteiger partial charge is 0.463 e. The lowest BCUT2D eigenvalue weighted by Gasteiger charge is -2.06. The standard InChI is InChI=1S/C27H23N3O4/c1-3-33-24(31)16-9-19-7-14-23(15-8-19)28-25(32)20-10-12-21(13-11-20)26-29-30-27(34-26)22-6-4-5-18(2)17-22/h4-17H,3H2,1-2H3,(H,28,32)/b16-9+. The van der Waals surface area contributed by atoms with Gasteiger partial charge >= 0.3 is 5.97 Å². The van der Waals surface area contributed by atoms with Crippen molar-refractivity contribution < 1.29 is 18.7 Å². The molecule has 0 fully saturated rings. The summed E-state index contributed by atoms with van der Waals surface area (Å²) in [6.45, 7) is 4.09. The van der Waals surface area contributed by atoms with Crippen molar-refractivity contribution in [2.75, 3.05) is 11.9 Å². The fourth-order valence-electron chi connectivity index (χ4n) is 3.23. The summed E-state index contributed by atoms with van der Waals surface area (Å²) >= 11 is 0. The lowest BCUT2D eigenvalue weighted by atomic mass is 10.1. The minimum atomic E-state index is -0.393. The highest BCUT2D eigenvalue weighted by Gasteiger charge is 2.12. The molecule has 0 spiro atoms. The third kappa shape index (κ3) is 5.63. The Hall–Kier alpha value is -4.52. The molecule has 1 amide bonds. The van der Waals surface area contributed by atoms with Crippen LogP contribution in [0.3, 0.4) is 0 Å². The Bertz CT molecular complexity index is 1320.